The van der Waals surface area contributed by atoms with Crippen LogP contribution in [0.5, 0.6) is 0 Å². The SMILES string of the molecule is Cc1cccc(Cc2cnc(NC(=O)C3CC(=O)N(CC(F)(F)F)C3)s2)c1Cl. The van der Waals surface area contributed by atoms with Crippen LogP contribution in [0, 0.1) is 12.8 Å². The van der Waals surface area contributed by atoms with Crippen LogP contribution in [0.15, 0.2) is 24.4 Å². The van der Waals surface area contributed by atoms with Crippen molar-refractivity contribution < 1.29 is 22.8 Å². The van der Waals surface area contributed by atoms with Crippen molar-refractivity contribution in [3.8, 4) is 0 Å². The summed E-state index contributed by atoms with van der Waals surface area (Å²) in [5.74, 6) is -2.01. The van der Waals surface area contributed by atoms with E-state index in [0.717, 1.165) is 16.0 Å². The number of likely N-dealkylation sites (tertiary alicyclic amines) is 1. The van der Waals surface area contributed by atoms with Crippen LogP contribution in [-0.2, 0) is 16.0 Å². The number of hydrogen-bond donors (Lipinski definition) is 1. The first-order valence-corrected chi connectivity index (χ1v) is 9.66. The molecule has 10 heteroatoms. The fourth-order valence-electron chi connectivity index (χ4n) is 3.00. The van der Waals surface area contributed by atoms with Gasteiger partial charge in [0.15, 0.2) is 5.13 Å². The quantitative estimate of drug-likeness (QED) is 0.777. The summed E-state index contributed by atoms with van der Waals surface area (Å²) in [6.07, 6.45) is -2.55. The van der Waals surface area contributed by atoms with Crippen molar-refractivity contribution in [1.82, 2.24) is 9.88 Å². The first kappa shape index (κ1) is 20.6. The molecule has 1 unspecified atom stereocenters. The molecule has 0 saturated carbocycles. The number of carbonyl (C=O) groups excluding carboxylic acids is 2. The van der Waals surface area contributed by atoms with E-state index in [-0.39, 0.29) is 13.0 Å². The third kappa shape index (κ3) is 5.02. The first-order valence-electron chi connectivity index (χ1n) is 8.46. The van der Waals surface area contributed by atoms with Gasteiger partial charge in [-0.15, -0.1) is 11.3 Å². The third-order valence-corrected chi connectivity index (χ3v) is 5.83. The van der Waals surface area contributed by atoms with Gasteiger partial charge in [-0.3, -0.25) is 9.59 Å². The second kappa shape index (κ2) is 8.08. The van der Waals surface area contributed by atoms with Gasteiger partial charge in [-0.05, 0) is 18.1 Å². The summed E-state index contributed by atoms with van der Waals surface area (Å²) < 4.78 is 37.4. The number of rotatable bonds is 5. The normalized spacial score (nSPS) is 17.2. The van der Waals surface area contributed by atoms with Crippen molar-refractivity contribution in [3.63, 3.8) is 0 Å². The Hall–Kier alpha value is -2.13. The molecule has 0 spiro atoms. The zero-order valence-corrected chi connectivity index (χ0v) is 16.4. The van der Waals surface area contributed by atoms with E-state index in [1.807, 2.05) is 25.1 Å². The van der Waals surface area contributed by atoms with Gasteiger partial charge in [0.25, 0.3) is 0 Å². The van der Waals surface area contributed by atoms with Crippen LogP contribution < -0.4 is 5.32 Å². The average Bonchev–Trinajstić information content (AvgIpc) is 3.17. The molecule has 1 aromatic heterocycles. The second-order valence-corrected chi connectivity index (χ2v) is 8.13. The Kier molecular flexibility index (Phi) is 5.95. The number of halogens is 4. The summed E-state index contributed by atoms with van der Waals surface area (Å²) in [6.45, 7) is 0.324. The molecule has 2 heterocycles. The minimum atomic E-state index is -4.48. The minimum absolute atomic E-state index is 0.237. The van der Waals surface area contributed by atoms with Crippen LogP contribution in [-0.4, -0.2) is 41.0 Å². The van der Waals surface area contributed by atoms with Gasteiger partial charge in [0.1, 0.15) is 6.54 Å². The maximum absolute atomic E-state index is 12.5. The molecule has 1 aliphatic rings. The molecule has 2 aromatic rings. The number of benzene rings is 1. The number of nitrogens with zero attached hydrogens (tertiary/aromatic N) is 2. The van der Waals surface area contributed by atoms with Gasteiger partial charge in [0.2, 0.25) is 11.8 Å². The Labute approximate surface area is 168 Å². The van der Waals surface area contributed by atoms with E-state index in [4.69, 9.17) is 11.6 Å². The van der Waals surface area contributed by atoms with Gasteiger partial charge in [0, 0.05) is 35.5 Å². The Bertz CT molecular complexity index is 900. The zero-order chi connectivity index (χ0) is 20.5. The van der Waals surface area contributed by atoms with Crippen molar-refractivity contribution in [1.29, 1.82) is 0 Å². The van der Waals surface area contributed by atoms with Gasteiger partial charge >= 0.3 is 6.18 Å². The highest BCUT2D eigenvalue weighted by atomic mass is 35.5. The molecule has 1 atom stereocenters. The van der Waals surface area contributed by atoms with E-state index >= 15 is 0 Å². The third-order valence-electron chi connectivity index (χ3n) is 4.38. The molecular formula is C18H17ClF3N3O2S. The van der Waals surface area contributed by atoms with E-state index in [9.17, 15) is 22.8 Å². The molecule has 3 rings (SSSR count). The minimum Gasteiger partial charge on any atom is -0.333 e. The molecule has 0 bridgehead atoms. The predicted molar refractivity (Wildman–Crippen MR) is 100 cm³/mol. The smallest absolute Gasteiger partial charge is 0.333 e. The topological polar surface area (TPSA) is 62.3 Å². The van der Waals surface area contributed by atoms with Crippen molar-refractivity contribution in [3.05, 3.63) is 45.4 Å². The Morgan fingerprint density at radius 2 is 2.18 bits per heavy atom. The monoisotopic (exact) mass is 431 g/mol. The Morgan fingerprint density at radius 1 is 1.43 bits per heavy atom. The largest absolute Gasteiger partial charge is 0.406 e. The van der Waals surface area contributed by atoms with Crippen LogP contribution >= 0.6 is 22.9 Å². The molecule has 0 radical (unpaired) electrons. The number of alkyl halides is 3. The fourth-order valence-corrected chi connectivity index (χ4v) is 4.04. The van der Waals surface area contributed by atoms with Gasteiger partial charge in [-0.25, -0.2) is 4.98 Å². The number of amides is 2. The van der Waals surface area contributed by atoms with Gasteiger partial charge in [-0.2, -0.15) is 13.2 Å². The Balaban J connectivity index is 1.60. The highest BCUT2D eigenvalue weighted by Gasteiger charge is 2.40. The molecule has 0 aliphatic carbocycles. The number of thiazole rings is 1. The van der Waals surface area contributed by atoms with E-state index < -0.39 is 30.5 Å². The maximum Gasteiger partial charge on any atom is 0.406 e. The molecule has 150 valence electrons. The summed E-state index contributed by atoms with van der Waals surface area (Å²) >= 11 is 7.55. The zero-order valence-electron chi connectivity index (χ0n) is 14.8. The van der Waals surface area contributed by atoms with Crippen molar-refractivity contribution in [2.45, 2.75) is 25.9 Å². The number of aryl methyl sites for hydroxylation is 1. The molecule has 1 N–H and O–H groups in total. The lowest BCUT2D eigenvalue weighted by molar-refractivity contribution is -0.157. The summed E-state index contributed by atoms with van der Waals surface area (Å²) in [5, 5.41) is 3.61. The number of carbonyl (C=O) groups is 2. The van der Waals surface area contributed by atoms with E-state index in [2.05, 4.69) is 10.3 Å². The molecule has 2 amide bonds. The van der Waals surface area contributed by atoms with Gasteiger partial charge < -0.3 is 10.2 Å². The molecule has 28 heavy (non-hydrogen) atoms. The standard InChI is InChI=1S/C18H17ClF3N3O2S/c1-10-3-2-4-11(15(10)19)5-13-7-23-17(28-13)24-16(27)12-6-14(26)25(8-12)9-18(20,21)22/h2-4,7,12H,5-6,8-9H2,1H3,(H,23,24,27). The molecule has 1 fully saturated rings. The summed E-state index contributed by atoms with van der Waals surface area (Å²) in [4.78, 5) is 29.7. The number of hydrogen-bond acceptors (Lipinski definition) is 4. The van der Waals surface area contributed by atoms with Crippen molar-refractivity contribution >= 4 is 39.9 Å². The summed E-state index contributed by atoms with van der Waals surface area (Å²) in [6, 6.07) is 5.73. The van der Waals surface area contributed by atoms with E-state index in [1.54, 1.807) is 6.20 Å². The fraction of sp³-hybridized carbons (Fsp3) is 0.389. The highest BCUT2D eigenvalue weighted by Crippen LogP contribution is 2.28. The van der Waals surface area contributed by atoms with Gasteiger partial charge in [0.05, 0.1) is 5.92 Å². The van der Waals surface area contributed by atoms with E-state index in [1.165, 1.54) is 11.3 Å². The molecule has 1 aromatic carbocycles. The van der Waals surface area contributed by atoms with Gasteiger partial charge in [-0.1, -0.05) is 29.8 Å². The van der Waals surface area contributed by atoms with Crippen LogP contribution in [0.1, 0.15) is 22.4 Å². The molecule has 5 nitrogen and oxygen atoms in total. The maximum atomic E-state index is 12.5. The second-order valence-electron chi connectivity index (χ2n) is 6.64. The van der Waals surface area contributed by atoms with Crippen molar-refractivity contribution in [2.75, 3.05) is 18.4 Å². The summed E-state index contributed by atoms with van der Waals surface area (Å²) in [7, 11) is 0. The lowest BCUT2D eigenvalue weighted by atomic mass is 10.1. The van der Waals surface area contributed by atoms with Crippen LogP contribution in [0.2, 0.25) is 5.02 Å². The molecule has 1 aliphatic heterocycles. The number of nitrogens with one attached hydrogen (secondary N) is 1. The molecule has 1 saturated heterocycles. The lowest BCUT2D eigenvalue weighted by Gasteiger charge is -2.18. The summed E-state index contributed by atoms with van der Waals surface area (Å²) in [5.41, 5.74) is 1.90. The van der Waals surface area contributed by atoms with Crippen molar-refractivity contribution in [2.24, 2.45) is 5.92 Å². The average molecular weight is 432 g/mol. The number of aromatic nitrogens is 1. The predicted octanol–water partition coefficient (Wildman–Crippen LogP) is 4.05. The first-order chi connectivity index (χ1) is 13.1. The lowest BCUT2D eigenvalue weighted by Crippen LogP contribution is -2.36. The van der Waals surface area contributed by atoms with Crippen LogP contribution in [0.3, 0.4) is 0 Å². The molecular weight excluding hydrogens is 415 g/mol. The number of anilines is 1. The van der Waals surface area contributed by atoms with Crippen LogP contribution in [0.25, 0.3) is 0 Å². The van der Waals surface area contributed by atoms with Crippen LogP contribution in [0.4, 0.5) is 18.3 Å². The Morgan fingerprint density at radius 3 is 2.89 bits per heavy atom. The highest BCUT2D eigenvalue weighted by molar-refractivity contribution is 7.15. The van der Waals surface area contributed by atoms with E-state index in [0.29, 0.717) is 21.5 Å².